The maximum Gasteiger partial charge on any atom is 0.317 e. The zero-order chi connectivity index (χ0) is 19.8. The van der Waals surface area contributed by atoms with E-state index in [1.54, 1.807) is 0 Å². The van der Waals surface area contributed by atoms with Gasteiger partial charge < -0.3 is 9.16 Å². The summed E-state index contributed by atoms with van der Waals surface area (Å²) in [6.45, 7) is 15.7. The van der Waals surface area contributed by atoms with E-state index in [0.717, 1.165) is 36.3 Å². The molecular weight excluding hydrogens is 352 g/mol. The summed E-state index contributed by atoms with van der Waals surface area (Å²) in [7, 11) is -2.08. The molecule has 0 spiro atoms. The minimum Gasteiger partial charge on any atom is -0.541 e. The number of rotatable bonds is 2. The molecule has 4 heteroatoms. The average Bonchev–Trinajstić information content (AvgIpc) is 2.84. The van der Waals surface area contributed by atoms with Gasteiger partial charge in [0.2, 0.25) is 0 Å². The maximum atomic E-state index is 13.0. The molecule has 0 radical (unpaired) electrons. The Hall–Kier alpha value is -1.55. The van der Waals surface area contributed by atoms with E-state index in [2.05, 4.69) is 72.0 Å². The van der Waals surface area contributed by atoms with E-state index in [4.69, 9.17) is 9.16 Å². The standard InChI is InChI=1S/C23H32O3Si/c1-21(2,3)27(6,7)26-17-15-11-8-9-12-16(15)22(4)13-10-14-23(5)19(22)18(17)25-20(23)24/h8-9,11-12,19H,10,13-14H2,1-7H3/t19-,22-,23+/m1/s1. The van der Waals surface area contributed by atoms with E-state index >= 15 is 0 Å². The van der Waals surface area contributed by atoms with Crippen molar-refractivity contribution in [3.05, 3.63) is 41.2 Å². The van der Waals surface area contributed by atoms with Gasteiger partial charge in [-0.15, -0.1) is 0 Å². The molecule has 0 unspecified atom stereocenters. The molecule has 0 N–H and O–H groups in total. The quantitative estimate of drug-likeness (QED) is 0.462. The second-order valence-corrected chi connectivity index (χ2v) is 15.3. The molecule has 2 aliphatic carbocycles. The molecule has 1 aliphatic heterocycles. The van der Waals surface area contributed by atoms with Crippen molar-refractivity contribution in [2.45, 2.75) is 77.4 Å². The fraction of sp³-hybridized carbons (Fsp3) is 0.609. The Morgan fingerprint density at radius 2 is 1.74 bits per heavy atom. The molecule has 27 heavy (non-hydrogen) atoms. The Labute approximate surface area is 164 Å². The van der Waals surface area contributed by atoms with E-state index in [1.807, 2.05) is 0 Å². The van der Waals surface area contributed by atoms with Gasteiger partial charge in [0.1, 0.15) is 0 Å². The van der Waals surface area contributed by atoms with E-state index in [0.29, 0.717) is 0 Å². The van der Waals surface area contributed by atoms with Gasteiger partial charge >= 0.3 is 5.97 Å². The second kappa shape index (κ2) is 5.50. The van der Waals surface area contributed by atoms with Crippen LogP contribution in [0.2, 0.25) is 18.1 Å². The summed E-state index contributed by atoms with van der Waals surface area (Å²) in [5, 5.41) is 0.0781. The van der Waals surface area contributed by atoms with Crippen LogP contribution in [-0.2, 0) is 19.4 Å². The molecule has 1 saturated carbocycles. The number of allylic oxidation sites excluding steroid dienone is 1. The van der Waals surface area contributed by atoms with Crippen LogP contribution in [0.25, 0.3) is 5.76 Å². The van der Waals surface area contributed by atoms with Gasteiger partial charge in [-0.05, 0) is 43.5 Å². The highest BCUT2D eigenvalue weighted by molar-refractivity contribution is 6.74. The van der Waals surface area contributed by atoms with Gasteiger partial charge in [0, 0.05) is 16.9 Å². The van der Waals surface area contributed by atoms with Crippen LogP contribution >= 0.6 is 0 Å². The van der Waals surface area contributed by atoms with Gasteiger partial charge in [-0.2, -0.15) is 0 Å². The Kier molecular flexibility index (Phi) is 3.83. The monoisotopic (exact) mass is 384 g/mol. The second-order valence-electron chi connectivity index (χ2n) is 10.6. The number of benzene rings is 1. The lowest BCUT2D eigenvalue weighted by atomic mass is 9.52. The van der Waals surface area contributed by atoms with Crippen LogP contribution in [-0.4, -0.2) is 14.3 Å². The lowest BCUT2D eigenvalue weighted by Gasteiger charge is -2.50. The third-order valence-corrected chi connectivity index (χ3v) is 12.1. The summed E-state index contributed by atoms with van der Waals surface area (Å²) < 4.78 is 12.8. The molecule has 1 heterocycles. The van der Waals surface area contributed by atoms with Crippen molar-refractivity contribution in [1.29, 1.82) is 0 Å². The predicted molar refractivity (Wildman–Crippen MR) is 111 cm³/mol. The Bertz CT molecular complexity index is 847. The van der Waals surface area contributed by atoms with E-state index in [-0.39, 0.29) is 22.3 Å². The zero-order valence-corrected chi connectivity index (χ0v) is 18.7. The van der Waals surface area contributed by atoms with Crippen LogP contribution in [0.4, 0.5) is 0 Å². The van der Waals surface area contributed by atoms with E-state index < -0.39 is 13.7 Å². The first-order chi connectivity index (χ1) is 12.4. The highest BCUT2D eigenvalue weighted by atomic mass is 28.4. The summed E-state index contributed by atoms with van der Waals surface area (Å²) >= 11 is 0. The minimum atomic E-state index is -2.08. The van der Waals surface area contributed by atoms with Crippen molar-refractivity contribution < 1.29 is 14.0 Å². The van der Waals surface area contributed by atoms with Gasteiger partial charge in [0.05, 0.1) is 5.41 Å². The highest BCUT2D eigenvalue weighted by Crippen LogP contribution is 2.64. The molecule has 3 nitrogen and oxygen atoms in total. The minimum absolute atomic E-state index is 0.0703. The average molecular weight is 385 g/mol. The topological polar surface area (TPSA) is 35.5 Å². The number of carbonyl (C=O) groups is 1. The van der Waals surface area contributed by atoms with Gasteiger partial charge in [0.25, 0.3) is 8.32 Å². The van der Waals surface area contributed by atoms with Crippen LogP contribution in [0.3, 0.4) is 0 Å². The number of esters is 1. The van der Waals surface area contributed by atoms with Gasteiger partial charge in [0.15, 0.2) is 11.5 Å². The molecule has 1 aromatic rings. The Morgan fingerprint density at radius 3 is 2.41 bits per heavy atom. The number of hydrogen-bond donors (Lipinski definition) is 0. The molecule has 2 fully saturated rings. The van der Waals surface area contributed by atoms with Gasteiger partial charge in [-0.25, -0.2) is 0 Å². The van der Waals surface area contributed by atoms with Gasteiger partial charge in [-0.3, -0.25) is 4.79 Å². The van der Waals surface area contributed by atoms with Gasteiger partial charge in [-0.1, -0.05) is 58.4 Å². The molecule has 1 saturated heterocycles. The molecular formula is C23H32O3Si. The Balaban J connectivity index is 1.96. The van der Waals surface area contributed by atoms with Crippen molar-refractivity contribution in [3.8, 4) is 0 Å². The zero-order valence-electron chi connectivity index (χ0n) is 17.7. The van der Waals surface area contributed by atoms with Crippen LogP contribution in [0.5, 0.6) is 0 Å². The first-order valence-electron chi connectivity index (χ1n) is 10.2. The number of hydrogen-bond acceptors (Lipinski definition) is 3. The number of ether oxygens (including phenoxy) is 1. The first-order valence-corrected chi connectivity index (χ1v) is 13.1. The third kappa shape index (κ3) is 2.41. The molecule has 0 amide bonds. The molecule has 4 rings (SSSR count). The summed E-state index contributed by atoms with van der Waals surface area (Å²) in [5.74, 6) is 1.63. The highest BCUT2D eigenvalue weighted by Gasteiger charge is 2.64. The summed E-state index contributed by atoms with van der Waals surface area (Å²) in [4.78, 5) is 13.0. The Morgan fingerprint density at radius 1 is 1.11 bits per heavy atom. The van der Waals surface area contributed by atoms with E-state index in [1.165, 1.54) is 5.56 Å². The fourth-order valence-corrected chi connectivity index (χ4v) is 6.21. The van der Waals surface area contributed by atoms with Crippen LogP contribution in [0, 0.1) is 11.3 Å². The molecule has 146 valence electrons. The predicted octanol–water partition coefficient (Wildman–Crippen LogP) is 6.01. The summed E-state index contributed by atoms with van der Waals surface area (Å²) in [5.41, 5.74) is 1.91. The van der Waals surface area contributed by atoms with Crippen LogP contribution in [0.15, 0.2) is 30.0 Å². The lowest BCUT2D eigenvalue weighted by molar-refractivity contribution is -0.145. The summed E-state index contributed by atoms with van der Waals surface area (Å²) in [6, 6.07) is 8.56. The first kappa shape index (κ1) is 18.8. The fourth-order valence-electron chi connectivity index (χ4n) is 5.18. The van der Waals surface area contributed by atoms with Crippen LogP contribution in [0.1, 0.15) is 65.0 Å². The van der Waals surface area contributed by atoms with E-state index in [9.17, 15) is 4.79 Å². The van der Waals surface area contributed by atoms with Crippen molar-refractivity contribution >= 4 is 20.0 Å². The molecule has 3 atom stereocenters. The van der Waals surface area contributed by atoms with Crippen molar-refractivity contribution in [1.82, 2.24) is 0 Å². The molecule has 0 bridgehead atoms. The molecule has 1 aromatic carbocycles. The normalized spacial score (nSPS) is 32.7. The smallest absolute Gasteiger partial charge is 0.317 e. The summed E-state index contributed by atoms with van der Waals surface area (Å²) in [6.07, 6.45) is 3.03. The van der Waals surface area contributed by atoms with Crippen molar-refractivity contribution in [2.75, 3.05) is 0 Å². The maximum absolute atomic E-state index is 13.0. The largest absolute Gasteiger partial charge is 0.541 e. The SMILES string of the molecule is CC(C)(C)[Si](C)(C)OC1=C2OC(=O)[C@@]3(C)CCC[C@](C)(c4ccccc41)[C@@H]23. The van der Waals surface area contributed by atoms with Crippen LogP contribution < -0.4 is 0 Å². The van der Waals surface area contributed by atoms with Crippen molar-refractivity contribution in [2.24, 2.45) is 11.3 Å². The number of fused-ring (bicyclic) bond motifs is 2. The van der Waals surface area contributed by atoms with Crippen molar-refractivity contribution in [3.63, 3.8) is 0 Å². The molecule has 3 aliphatic rings. The molecule has 0 aromatic heterocycles. The third-order valence-electron chi connectivity index (χ3n) is 7.77. The lowest BCUT2D eigenvalue weighted by Crippen LogP contribution is -2.49. The number of carbonyl (C=O) groups excluding carboxylic acids is 1.